The Bertz CT molecular complexity index is 1370. The van der Waals surface area contributed by atoms with Gasteiger partial charge in [-0.15, -0.1) is 0 Å². The quantitative estimate of drug-likeness (QED) is 0.396. The molecule has 0 radical (unpaired) electrons. The monoisotopic (exact) mass is 537 g/mol. The van der Waals surface area contributed by atoms with Gasteiger partial charge in [0, 0.05) is 36.1 Å². The number of carbonyl (C=O) groups excluding carboxylic acids is 1. The second-order valence-electron chi connectivity index (χ2n) is 8.60. The van der Waals surface area contributed by atoms with E-state index in [1.54, 1.807) is 0 Å². The fourth-order valence-corrected chi connectivity index (χ4v) is 6.28. The van der Waals surface area contributed by atoms with E-state index < -0.39 is 33.9 Å². The number of sulfonamides is 1. The number of rotatable bonds is 8. The fourth-order valence-electron chi connectivity index (χ4n) is 4.35. The Morgan fingerprint density at radius 2 is 1.73 bits per heavy atom. The number of Topliss-reactive ketones (excluding diaryl/α,β-unsaturated/α-hetero) is 1. The summed E-state index contributed by atoms with van der Waals surface area (Å²) in [4.78, 5) is 27.9. The van der Waals surface area contributed by atoms with Gasteiger partial charge in [0.25, 0.3) is 0 Å². The van der Waals surface area contributed by atoms with Gasteiger partial charge in [-0.05, 0) is 56.0 Å². The molecule has 196 valence electrons. The van der Waals surface area contributed by atoms with E-state index >= 15 is 0 Å². The molecule has 0 unspecified atom stereocenters. The Balaban J connectivity index is 1.49. The van der Waals surface area contributed by atoms with E-state index in [9.17, 15) is 30.8 Å². The molecule has 1 aliphatic rings. The highest BCUT2D eigenvalue weighted by Gasteiger charge is 2.44. The van der Waals surface area contributed by atoms with Crippen LogP contribution in [-0.4, -0.2) is 50.5 Å². The number of benzene rings is 1. The third-order valence-corrected chi connectivity index (χ3v) is 8.20. The molecule has 0 N–H and O–H groups in total. The predicted octanol–water partition coefficient (Wildman–Crippen LogP) is 4.23. The maximum Gasteiger partial charge on any atom is 0.451 e. The molecule has 1 aromatic carbocycles. The van der Waals surface area contributed by atoms with Crippen LogP contribution in [0.1, 0.15) is 44.1 Å². The van der Waals surface area contributed by atoms with Crippen molar-refractivity contribution in [3.8, 4) is 11.3 Å². The molecule has 2 atom stereocenters. The maximum atomic E-state index is 13.3. The molecule has 0 amide bonds. The molecule has 3 aromatic rings. The number of aryl methyl sites for hydroxylation is 1. The first kappa shape index (κ1) is 26.7. The lowest BCUT2D eigenvalue weighted by Crippen LogP contribution is -2.44. The predicted molar refractivity (Wildman–Crippen MR) is 124 cm³/mol. The number of halogens is 4. The number of aromatic nitrogens is 4. The zero-order valence-electron chi connectivity index (χ0n) is 19.7. The first-order valence-electron chi connectivity index (χ1n) is 11.5. The van der Waals surface area contributed by atoms with Gasteiger partial charge < -0.3 is 0 Å². The Kier molecular flexibility index (Phi) is 7.64. The summed E-state index contributed by atoms with van der Waals surface area (Å²) in [6.45, 7) is 1.85. The minimum atomic E-state index is -4.66. The van der Waals surface area contributed by atoms with E-state index in [1.165, 1.54) is 28.8 Å². The van der Waals surface area contributed by atoms with Crippen LogP contribution in [0.2, 0.25) is 0 Å². The summed E-state index contributed by atoms with van der Waals surface area (Å²) < 4.78 is 79.4. The first-order valence-corrected chi connectivity index (χ1v) is 13.0. The first-order chi connectivity index (χ1) is 17.5. The van der Waals surface area contributed by atoms with E-state index in [4.69, 9.17) is 0 Å². The van der Waals surface area contributed by atoms with Crippen molar-refractivity contribution in [3.05, 3.63) is 66.4 Å². The van der Waals surface area contributed by atoms with Crippen LogP contribution in [0, 0.1) is 5.82 Å². The summed E-state index contributed by atoms with van der Waals surface area (Å²) in [6, 6.07) is 4.81. The molecule has 1 fully saturated rings. The Labute approximate surface area is 210 Å². The fraction of sp³-hybridized carbons (Fsp3) is 0.375. The molecule has 13 heteroatoms. The zero-order valence-corrected chi connectivity index (χ0v) is 20.5. The standard InChI is InChI=1S/C24H23F4N5O3S/c1-2-18-6-9-21(33(18)37(35,36)19-7-3-16(25)4-8-19)22(34)10-5-17-11-20(32-14-31-17)15-12-29-23(30-13-15)24(26,27)28/h3-4,7-8,11-14,18,21H,2,5-6,9-10H2,1H3/t18-,21-/m0/s1. The van der Waals surface area contributed by atoms with Crippen LogP contribution in [0.5, 0.6) is 0 Å². The van der Waals surface area contributed by atoms with Crippen LogP contribution >= 0.6 is 0 Å². The molecule has 0 spiro atoms. The lowest BCUT2D eigenvalue weighted by atomic mass is 10.0. The van der Waals surface area contributed by atoms with Crippen LogP contribution in [0.15, 0.2) is 53.9 Å². The molecular formula is C24H23F4N5O3S. The molecule has 37 heavy (non-hydrogen) atoms. The van der Waals surface area contributed by atoms with Crippen LogP contribution in [-0.2, 0) is 27.4 Å². The van der Waals surface area contributed by atoms with Gasteiger partial charge in [-0.2, -0.15) is 17.5 Å². The van der Waals surface area contributed by atoms with E-state index in [2.05, 4.69) is 19.9 Å². The molecular weight excluding hydrogens is 514 g/mol. The minimum Gasteiger partial charge on any atom is -0.298 e. The highest BCUT2D eigenvalue weighted by Crippen LogP contribution is 2.34. The van der Waals surface area contributed by atoms with Crippen molar-refractivity contribution in [2.24, 2.45) is 0 Å². The molecule has 8 nitrogen and oxygen atoms in total. The van der Waals surface area contributed by atoms with Gasteiger partial charge in [0.2, 0.25) is 15.8 Å². The molecule has 0 aliphatic carbocycles. The van der Waals surface area contributed by atoms with E-state index in [0.717, 1.165) is 24.5 Å². The van der Waals surface area contributed by atoms with Crippen LogP contribution in [0.3, 0.4) is 0 Å². The zero-order chi connectivity index (χ0) is 26.8. The van der Waals surface area contributed by atoms with E-state index in [1.807, 2.05) is 6.92 Å². The topological polar surface area (TPSA) is 106 Å². The summed E-state index contributed by atoms with van der Waals surface area (Å²) >= 11 is 0. The van der Waals surface area contributed by atoms with Crippen molar-refractivity contribution in [1.82, 2.24) is 24.2 Å². The van der Waals surface area contributed by atoms with Crippen molar-refractivity contribution < 1.29 is 30.8 Å². The van der Waals surface area contributed by atoms with Crippen molar-refractivity contribution in [2.45, 2.75) is 62.2 Å². The van der Waals surface area contributed by atoms with Crippen molar-refractivity contribution in [3.63, 3.8) is 0 Å². The lowest BCUT2D eigenvalue weighted by Gasteiger charge is -2.28. The number of ketones is 1. The molecule has 1 saturated heterocycles. The smallest absolute Gasteiger partial charge is 0.298 e. The van der Waals surface area contributed by atoms with Gasteiger partial charge in [0.05, 0.1) is 16.6 Å². The van der Waals surface area contributed by atoms with Crippen LogP contribution in [0.4, 0.5) is 17.6 Å². The normalized spacial score (nSPS) is 18.7. The lowest BCUT2D eigenvalue weighted by molar-refractivity contribution is -0.145. The van der Waals surface area contributed by atoms with Crippen molar-refractivity contribution in [1.29, 1.82) is 0 Å². The molecule has 2 aromatic heterocycles. The van der Waals surface area contributed by atoms with Crippen LogP contribution in [0.25, 0.3) is 11.3 Å². The highest BCUT2D eigenvalue weighted by atomic mass is 32.2. The van der Waals surface area contributed by atoms with E-state index in [0.29, 0.717) is 30.7 Å². The molecule has 3 heterocycles. The summed E-state index contributed by atoms with van der Waals surface area (Å²) in [5.41, 5.74) is 0.996. The second-order valence-corrected chi connectivity index (χ2v) is 10.4. The summed E-state index contributed by atoms with van der Waals surface area (Å²) in [5, 5.41) is 0. The second kappa shape index (κ2) is 10.6. The molecule has 4 rings (SSSR count). The van der Waals surface area contributed by atoms with Gasteiger partial charge >= 0.3 is 6.18 Å². The van der Waals surface area contributed by atoms with Gasteiger partial charge in [-0.3, -0.25) is 4.79 Å². The number of nitrogens with zero attached hydrogens (tertiary/aromatic N) is 5. The van der Waals surface area contributed by atoms with Gasteiger partial charge in [-0.1, -0.05) is 6.92 Å². The summed E-state index contributed by atoms with van der Waals surface area (Å²) in [7, 11) is -4.02. The molecule has 1 aliphatic heterocycles. The molecule has 0 bridgehead atoms. The Morgan fingerprint density at radius 3 is 2.35 bits per heavy atom. The highest BCUT2D eigenvalue weighted by molar-refractivity contribution is 7.89. The van der Waals surface area contributed by atoms with Gasteiger partial charge in [0.15, 0.2) is 5.78 Å². The van der Waals surface area contributed by atoms with Gasteiger partial charge in [0.1, 0.15) is 12.1 Å². The Hall–Kier alpha value is -3.32. The average Bonchev–Trinajstić information content (AvgIpc) is 3.33. The van der Waals surface area contributed by atoms with Gasteiger partial charge in [-0.25, -0.2) is 32.7 Å². The largest absolute Gasteiger partial charge is 0.451 e. The summed E-state index contributed by atoms with van der Waals surface area (Å²) in [5.74, 6) is -2.11. The minimum absolute atomic E-state index is 0.00347. The van der Waals surface area contributed by atoms with Crippen LogP contribution < -0.4 is 0 Å². The summed E-state index contributed by atoms with van der Waals surface area (Å²) in [6.07, 6.45) is 0.169. The molecule has 0 saturated carbocycles. The third kappa shape index (κ3) is 5.82. The Morgan fingerprint density at radius 1 is 1.05 bits per heavy atom. The third-order valence-electron chi connectivity index (χ3n) is 6.22. The van der Waals surface area contributed by atoms with Crippen molar-refractivity contribution >= 4 is 15.8 Å². The number of alkyl halides is 3. The average molecular weight is 538 g/mol. The number of hydrogen-bond donors (Lipinski definition) is 0. The van der Waals surface area contributed by atoms with Crippen molar-refractivity contribution in [2.75, 3.05) is 0 Å². The number of carbonyl (C=O) groups is 1. The SMILES string of the molecule is CC[C@H]1CC[C@@H](C(=O)CCc2cc(-c3cnc(C(F)(F)F)nc3)ncn2)N1S(=O)(=O)c1ccc(F)cc1. The maximum absolute atomic E-state index is 13.3. The number of hydrogen-bond acceptors (Lipinski definition) is 7. The van der Waals surface area contributed by atoms with E-state index in [-0.39, 0.29) is 35.1 Å².